The molecule has 0 fully saturated rings. The highest BCUT2D eigenvalue weighted by Gasteiger charge is 2.10. The SMILES string of the molecule is CC(C)=CCC/C(C)=C/CC/C(C)=C/CSP(=O)([O-])OP(=O)([O-])[O-]. The molecule has 0 bridgehead atoms. The number of hydrogen-bond acceptors (Lipinski definition) is 7. The van der Waals surface area contributed by atoms with E-state index in [0.29, 0.717) is 11.4 Å². The van der Waals surface area contributed by atoms with Crippen LogP contribution in [0, 0.1) is 0 Å². The van der Waals surface area contributed by atoms with E-state index >= 15 is 0 Å². The van der Waals surface area contributed by atoms with E-state index in [9.17, 15) is 23.8 Å². The molecular formula is C15H25O6P2S-3. The molecule has 0 aliphatic rings. The van der Waals surface area contributed by atoms with E-state index < -0.39 is 14.6 Å². The van der Waals surface area contributed by atoms with E-state index in [1.54, 1.807) is 6.08 Å². The molecule has 0 heterocycles. The average Bonchev–Trinajstić information content (AvgIpc) is 2.34. The minimum absolute atomic E-state index is 0.0376. The summed E-state index contributed by atoms with van der Waals surface area (Å²) < 4.78 is 25.1. The molecule has 0 saturated heterocycles. The quantitative estimate of drug-likeness (QED) is 0.389. The molecule has 24 heavy (non-hydrogen) atoms. The Hall–Kier alpha value is -0.130. The van der Waals surface area contributed by atoms with Gasteiger partial charge in [-0.05, 0) is 53.4 Å². The van der Waals surface area contributed by atoms with Gasteiger partial charge in [-0.3, -0.25) is 8.88 Å². The third kappa shape index (κ3) is 15.4. The maximum atomic E-state index is 11.2. The van der Waals surface area contributed by atoms with Crippen LogP contribution < -0.4 is 14.7 Å². The second-order valence-electron chi connectivity index (χ2n) is 5.73. The van der Waals surface area contributed by atoms with Crippen LogP contribution in [0.25, 0.3) is 0 Å². The lowest BCUT2D eigenvalue weighted by Gasteiger charge is -2.35. The first-order valence-corrected chi connectivity index (χ1v) is 12.1. The third-order valence-electron chi connectivity index (χ3n) is 2.99. The van der Waals surface area contributed by atoms with Crippen molar-refractivity contribution in [3.8, 4) is 0 Å². The molecule has 1 unspecified atom stereocenters. The van der Waals surface area contributed by atoms with E-state index in [1.807, 2.05) is 6.92 Å². The van der Waals surface area contributed by atoms with Gasteiger partial charge in [0.1, 0.15) is 0 Å². The Labute approximate surface area is 148 Å². The second-order valence-corrected chi connectivity index (χ2v) is 10.9. The Morgan fingerprint density at radius 1 is 0.917 bits per heavy atom. The van der Waals surface area contributed by atoms with Crippen LogP contribution in [0.2, 0.25) is 0 Å². The fourth-order valence-electron chi connectivity index (χ4n) is 1.76. The summed E-state index contributed by atoms with van der Waals surface area (Å²) in [7, 11) is -5.52. The monoisotopic (exact) mass is 395 g/mol. The lowest BCUT2D eigenvalue weighted by Crippen LogP contribution is -2.17. The molecule has 6 nitrogen and oxygen atoms in total. The summed E-state index contributed by atoms with van der Waals surface area (Å²) in [4.78, 5) is 31.8. The minimum atomic E-state index is -5.52. The lowest BCUT2D eigenvalue weighted by molar-refractivity contribution is -0.337. The van der Waals surface area contributed by atoms with Crippen molar-refractivity contribution < 1.29 is 28.1 Å². The molecule has 0 N–H and O–H groups in total. The number of phosphoric acid groups is 1. The van der Waals surface area contributed by atoms with E-state index in [-0.39, 0.29) is 5.75 Å². The highest BCUT2D eigenvalue weighted by atomic mass is 32.7. The van der Waals surface area contributed by atoms with Crippen LogP contribution in [-0.4, -0.2) is 5.75 Å². The lowest BCUT2D eigenvalue weighted by atomic mass is 10.1. The predicted octanol–water partition coefficient (Wildman–Crippen LogP) is 3.45. The van der Waals surface area contributed by atoms with Gasteiger partial charge in [-0.25, -0.2) is 0 Å². The second kappa shape index (κ2) is 11.5. The van der Waals surface area contributed by atoms with Crippen LogP contribution in [0.4, 0.5) is 0 Å². The Balaban J connectivity index is 4.18. The molecule has 0 aromatic rings. The Kier molecular flexibility index (Phi) is 11.4. The molecule has 0 saturated carbocycles. The standard InChI is InChI=1S/C15H28O6P2S/c1-13(2)7-5-8-14(3)9-6-10-15(4)11-12-24-23(19,20)21-22(16,17)18/h7,9,11H,5-6,8,10,12H2,1-4H3,(H,19,20)(H2,16,17,18)/p-3/b14-9+,15-11+. The summed E-state index contributed by atoms with van der Waals surface area (Å²) in [6.07, 6.45) is 9.73. The van der Waals surface area contributed by atoms with Gasteiger partial charge in [-0.1, -0.05) is 46.3 Å². The van der Waals surface area contributed by atoms with Gasteiger partial charge in [0.2, 0.25) is 0 Å². The van der Waals surface area contributed by atoms with Gasteiger partial charge in [0.15, 0.2) is 6.80 Å². The zero-order valence-electron chi connectivity index (χ0n) is 14.5. The topological polar surface area (TPSA) is 113 Å². The van der Waals surface area contributed by atoms with E-state index in [4.69, 9.17) is 0 Å². The summed E-state index contributed by atoms with van der Waals surface area (Å²) in [5.41, 5.74) is 3.61. The van der Waals surface area contributed by atoms with Crippen molar-refractivity contribution in [3.63, 3.8) is 0 Å². The third-order valence-corrected chi connectivity index (χ3v) is 7.22. The summed E-state index contributed by atoms with van der Waals surface area (Å²) in [6.45, 7) is 3.39. The molecule has 0 rings (SSSR count). The summed E-state index contributed by atoms with van der Waals surface area (Å²) in [5, 5.41) is 0. The first kappa shape index (κ1) is 23.9. The van der Waals surface area contributed by atoms with Crippen molar-refractivity contribution in [3.05, 3.63) is 34.9 Å². The molecule has 0 aliphatic carbocycles. The molecule has 0 aromatic carbocycles. The zero-order valence-corrected chi connectivity index (χ0v) is 17.1. The normalized spacial score (nSPS) is 16.0. The van der Waals surface area contributed by atoms with Gasteiger partial charge >= 0.3 is 0 Å². The number of rotatable bonds is 11. The number of hydrogen-bond donors (Lipinski definition) is 0. The van der Waals surface area contributed by atoms with Crippen LogP contribution in [-0.2, 0) is 13.4 Å². The molecule has 0 aromatic heterocycles. The minimum Gasteiger partial charge on any atom is -0.790 e. The molecule has 0 spiro atoms. The Morgan fingerprint density at radius 2 is 1.42 bits per heavy atom. The summed E-state index contributed by atoms with van der Waals surface area (Å²) in [5.74, 6) is 0.0376. The van der Waals surface area contributed by atoms with E-state index in [1.165, 1.54) is 11.1 Å². The van der Waals surface area contributed by atoms with Crippen molar-refractivity contribution in [1.29, 1.82) is 0 Å². The molecule has 0 aliphatic heterocycles. The van der Waals surface area contributed by atoms with Crippen molar-refractivity contribution in [1.82, 2.24) is 0 Å². The maximum absolute atomic E-state index is 11.2. The fraction of sp³-hybridized carbons (Fsp3) is 0.600. The highest BCUT2D eigenvalue weighted by Crippen LogP contribution is 2.59. The van der Waals surface area contributed by atoms with Crippen LogP contribution in [0.1, 0.15) is 53.4 Å². The Morgan fingerprint density at radius 3 is 1.92 bits per heavy atom. The van der Waals surface area contributed by atoms with E-state index in [0.717, 1.165) is 31.3 Å². The molecule has 9 heteroatoms. The van der Waals surface area contributed by atoms with Gasteiger partial charge in [0.25, 0.3) is 0 Å². The maximum Gasteiger partial charge on any atom is 0.196 e. The van der Waals surface area contributed by atoms with Crippen molar-refractivity contribution in [2.75, 3.05) is 5.75 Å². The summed E-state index contributed by atoms with van der Waals surface area (Å²) in [6, 6.07) is 0. The van der Waals surface area contributed by atoms with Crippen LogP contribution in [0.3, 0.4) is 0 Å². The van der Waals surface area contributed by atoms with Crippen molar-refractivity contribution in [2.45, 2.75) is 53.4 Å². The number of allylic oxidation sites excluding steroid dienone is 5. The molecule has 0 radical (unpaired) electrons. The molecule has 0 amide bonds. The first-order chi connectivity index (χ1) is 10.9. The Bertz CT molecular complexity index is 573. The zero-order chi connectivity index (χ0) is 18.8. The van der Waals surface area contributed by atoms with Gasteiger partial charge in [0, 0.05) is 5.75 Å². The molecule has 140 valence electrons. The smallest absolute Gasteiger partial charge is 0.196 e. The van der Waals surface area contributed by atoms with Crippen molar-refractivity contribution >= 4 is 26.0 Å². The van der Waals surface area contributed by atoms with Gasteiger partial charge in [-0.15, -0.1) is 0 Å². The highest BCUT2D eigenvalue weighted by molar-refractivity contribution is 8.54. The van der Waals surface area contributed by atoms with Crippen LogP contribution in [0.15, 0.2) is 34.9 Å². The molecular weight excluding hydrogens is 370 g/mol. The average molecular weight is 395 g/mol. The predicted molar refractivity (Wildman–Crippen MR) is 94.2 cm³/mol. The largest absolute Gasteiger partial charge is 0.790 e. The van der Waals surface area contributed by atoms with Gasteiger partial charge < -0.3 is 19.2 Å². The van der Waals surface area contributed by atoms with Crippen LogP contribution in [0.5, 0.6) is 0 Å². The summed E-state index contributed by atoms with van der Waals surface area (Å²) >= 11 is 0.295. The first-order valence-electron chi connectivity index (χ1n) is 7.55. The van der Waals surface area contributed by atoms with Gasteiger partial charge in [0.05, 0.1) is 7.82 Å². The fourth-order valence-corrected chi connectivity index (χ4v) is 5.40. The van der Waals surface area contributed by atoms with Crippen LogP contribution >= 0.6 is 26.0 Å². The van der Waals surface area contributed by atoms with Crippen molar-refractivity contribution in [2.24, 2.45) is 0 Å². The van der Waals surface area contributed by atoms with Gasteiger partial charge in [-0.2, -0.15) is 0 Å². The molecule has 1 atom stereocenters. The van der Waals surface area contributed by atoms with E-state index in [2.05, 4.69) is 37.2 Å².